The van der Waals surface area contributed by atoms with Crippen LogP contribution in [0.25, 0.3) is 11.1 Å². The van der Waals surface area contributed by atoms with E-state index in [0.29, 0.717) is 11.3 Å². The molecule has 0 unspecified atom stereocenters. The van der Waals surface area contributed by atoms with E-state index >= 15 is 0 Å². The number of aromatic nitrogens is 1. The average molecular weight is 345 g/mol. The number of hydrogen-bond acceptors (Lipinski definition) is 5. The third kappa shape index (κ3) is 3.25. The number of anilines is 1. The number of carbonyl (C=O) groups excluding carboxylic acids is 1. The topological polar surface area (TPSA) is 107 Å². The maximum absolute atomic E-state index is 13.3. The zero-order valence-corrected chi connectivity index (χ0v) is 13.0. The van der Waals surface area contributed by atoms with Crippen LogP contribution < -0.4 is 11.1 Å². The molecule has 1 N–H and O–H groups in total. The van der Waals surface area contributed by atoms with Crippen molar-refractivity contribution in [2.75, 3.05) is 5.32 Å². The quantitative estimate of drug-likeness (QED) is 0.578. The zero-order chi connectivity index (χ0) is 18.1. The molecular weight excluding hydrogens is 333 g/mol. The van der Waals surface area contributed by atoms with Gasteiger partial charge < -0.3 is 9.73 Å². The number of hydrogen-bond donors (Lipinski definition) is 1. The SMILES string of the molecule is Cc1ccc(F)cc1NC(=O)Cn1c(=O)oc2cc([N+](=O)[O-])ccc21. The normalized spacial score (nSPS) is 10.8. The van der Waals surface area contributed by atoms with E-state index in [2.05, 4.69) is 5.32 Å². The Labute approximate surface area is 139 Å². The molecule has 1 heterocycles. The zero-order valence-electron chi connectivity index (χ0n) is 13.0. The van der Waals surface area contributed by atoms with Gasteiger partial charge in [-0.15, -0.1) is 0 Å². The van der Waals surface area contributed by atoms with Gasteiger partial charge in [-0.05, 0) is 30.7 Å². The van der Waals surface area contributed by atoms with E-state index in [1.54, 1.807) is 6.92 Å². The molecule has 0 aliphatic rings. The summed E-state index contributed by atoms with van der Waals surface area (Å²) in [5.74, 6) is -1.88. The summed E-state index contributed by atoms with van der Waals surface area (Å²) in [6.07, 6.45) is 0. The van der Waals surface area contributed by atoms with Gasteiger partial charge in [-0.25, -0.2) is 9.18 Å². The summed E-state index contributed by atoms with van der Waals surface area (Å²) in [5.41, 5.74) is 0.986. The maximum Gasteiger partial charge on any atom is 0.420 e. The van der Waals surface area contributed by atoms with Gasteiger partial charge in [0.15, 0.2) is 5.58 Å². The Hall–Kier alpha value is -3.49. The molecule has 0 spiro atoms. The van der Waals surface area contributed by atoms with E-state index in [1.807, 2.05) is 0 Å². The summed E-state index contributed by atoms with van der Waals surface area (Å²) < 4.78 is 19.3. The lowest BCUT2D eigenvalue weighted by Crippen LogP contribution is -2.25. The number of benzene rings is 2. The predicted octanol–water partition coefficient (Wildman–Crippen LogP) is 2.59. The molecule has 1 amide bonds. The van der Waals surface area contributed by atoms with E-state index < -0.39 is 22.4 Å². The minimum absolute atomic E-state index is 0.00827. The summed E-state index contributed by atoms with van der Waals surface area (Å²) >= 11 is 0. The summed E-state index contributed by atoms with van der Waals surface area (Å²) in [7, 11) is 0. The first-order valence-corrected chi connectivity index (χ1v) is 7.19. The second-order valence-corrected chi connectivity index (χ2v) is 5.37. The van der Waals surface area contributed by atoms with Crippen LogP contribution in [0.15, 0.2) is 45.6 Å². The van der Waals surface area contributed by atoms with E-state index in [0.717, 1.165) is 10.6 Å². The second-order valence-electron chi connectivity index (χ2n) is 5.37. The molecule has 0 radical (unpaired) electrons. The fourth-order valence-electron chi connectivity index (χ4n) is 2.38. The molecule has 8 nitrogen and oxygen atoms in total. The molecule has 3 aromatic rings. The molecule has 2 aromatic carbocycles. The van der Waals surface area contributed by atoms with Gasteiger partial charge in [0.1, 0.15) is 12.4 Å². The summed E-state index contributed by atoms with van der Waals surface area (Å²) in [4.78, 5) is 34.2. The first kappa shape index (κ1) is 16.4. The van der Waals surface area contributed by atoms with Gasteiger partial charge in [0.25, 0.3) is 5.69 Å². The summed E-state index contributed by atoms with van der Waals surface area (Å²) in [6, 6.07) is 7.62. The molecule has 0 bridgehead atoms. The molecule has 128 valence electrons. The Kier molecular flexibility index (Phi) is 4.05. The van der Waals surface area contributed by atoms with Crippen molar-refractivity contribution in [1.29, 1.82) is 0 Å². The van der Waals surface area contributed by atoms with Crippen LogP contribution in [0.2, 0.25) is 0 Å². The van der Waals surface area contributed by atoms with Gasteiger partial charge in [-0.1, -0.05) is 6.07 Å². The summed E-state index contributed by atoms with van der Waals surface area (Å²) in [5, 5.41) is 13.3. The fourth-order valence-corrected chi connectivity index (χ4v) is 2.38. The van der Waals surface area contributed by atoms with Crippen molar-refractivity contribution in [3.63, 3.8) is 0 Å². The Balaban J connectivity index is 1.88. The van der Waals surface area contributed by atoms with Crippen molar-refractivity contribution in [2.45, 2.75) is 13.5 Å². The number of non-ortho nitro benzene ring substituents is 1. The van der Waals surface area contributed by atoms with Gasteiger partial charge >= 0.3 is 5.76 Å². The Bertz CT molecular complexity index is 1050. The number of nitro groups is 1. The lowest BCUT2D eigenvalue weighted by atomic mass is 10.2. The van der Waals surface area contributed by atoms with Crippen LogP contribution in [0.1, 0.15) is 5.56 Å². The van der Waals surface area contributed by atoms with Crippen LogP contribution in [0.5, 0.6) is 0 Å². The first-order valence-electron chi connectivity index (χ1n) is 7.19. The van der Waals surface area contributed by atoms with E-state index in [4.69, 9.17) is 4.42 Å². The molecule has 0 saturated heterocycles. The van der Waals surface area contributed by atoms with Crippen LogP contribution in [-0.2, 0) is 11.3 Å². The van der Waals surface area contributed by atoms with Crippen molar-refractivity contribution in [3.05, 3.63) is 68.4 Å². The van der Waals surface area contributed by atoms with Crippen molar-refractivity contribution in [1.82, 2.24) is 4.57 Å². The van der Waals surface area contributed by atoms with Gasteiger partial charge in [0.05, 0.1) is 16.5 Å². The summed E-state index contributed by atoms with van der Waals surface area (Å²) in [6.45, 7) is 1.33. The number of carbonyl (C=O) groups is 1. The molecule has 0 atom stereocenters. The number of aryl methyl sites for hydroxylation is 1. The number of halogens is 1. The molecule has 3 rings (SSSR count). The molecule has 0 aliphatic heterocycles. The van der Waals surface area contributed by atoms with Crippen molar-refractivity contribution in [3.8, 4) is 0 Å². The van der Waals surface area contributed by atoms with Crippen LogP contribution in [-0.4, -0.2) is 15.4 Å². The number of nitro benzene ring substituents is 1. The largest absolute Gasteiger partial charge is 0.420 e. The van der Waals surface area contributed by atoms with Gasteiger partial charge in [-0.3, -0.25) is 19.5 Å². The highest BCUT2D eigenvalue weighted by atomic mass is 19.1. The highest BCUT2D eigenvalue weighted by Crippen LogP contribution is 2.20. The second kappa shape index (κ2) is 6.19. The highest BCUT2D eigenvalue weighted by Gasteiger charge is 2.16. The Morgan fingerprint density at radius 2 is 2.08 bits per heavy atom. The molecule has 0 saturated carbocycles. The third-order valence-electron chi connectivity index (χ3n) is 3.64. The van der Waals surface area contributed by atoms with Crippen LogP contribution in [0.4, 0.5) is 15.8 Å². The number of fused-ring (bicyclic) bond motifs is 1. The van der Waals surface area contributed by atoms with E-state index in [1.165, 1.54) is 30.3 Å². The molecule has 0 aliphatic carbocycles. The smallest absolute Gasteiger partial charge is 0.407 e. The first-order chi connectivity index (χ1) is 11.8. The molecule has 0 fully saturated rings. The number of oxazole rings is 1. The highest BCUT2D eigenvalue weighted by molar-refractivity contribution is 5.92. The third-order valence-corrected chi connectivity index (χ3v) is 3.64. The Morgan fingerprint density at radius 1 is 1.32 bits per heavy atom. The lowest BCUT2D eigenvalue weighted by Gasteiger charge is -2.08. The minimum atomic E-state index is -0.818. The van der Waals surface area contributed by atoms with Crippen molar-refractivity contribution in [2.24, 2.45) is 0 Å². The number of rotatable bonds is 4. The number of amides is 1. The van der Waals surface area contributed by atoms with E-state index in [-0.39, 0.29) is 23.3 Å². The van der Waals surface area contributed by atoms with Crippen molar-refractivity contribution >= 4 is 28.4 Å². The molecular formula is C16H12FN3O5. The average Bonchev–Trinajstić information content (AvgIpc) is 2.86. The van der Waals surface area contributed by atoms with E-state index in [9.17, 15) is 24.1 Å². The van der Waals surface area contributed by atoms with Crippen LogP contribution in [0, 0.1) is 22.9 Å². The van der Waals surface area contributed by atoms with Gasteiger partial charge in [-0.2, -0.15) is 0 Å². The monoisotopic (exact) mass is 345 g/mol. The van der Waals surface area contributed by atoms with Crippen LogP contribution >= 0.6 is 0 Å². The molecule has 9 heteroatoms. The minimum Gasteiger partial charge on any atom is -0.407 e. The standard InChI is InChI=1S/C16H12FN3O5/c1-9-2-3-10(17)6-12(9)18-15(21)8-19-13-5-4-11(20(23)24)7-14(13)25-16(19)22/h2-7H,8H2,1H3,(H,18,21). The van der Waals surface area contributed by atoms with Crippen molar-refractivity contribution < 1.29 is 18.5 Å². The van der Waals surface area contributed by atoms with Crippen LogP contribution in [0.3, 0.4) is 0 Å². The fraction of sp³-hybridized carbons (Fsp3) is 0.125. The maximum atomic E-state index is 13.3. The van der Waals surface area contributed by atoms with Gasteiger partial charge in [0, 0.05) is 11.8 Å². The predicted molar refractivity (Wildman–Crippen MR) is 86.9 cm³/mol. The lowest BCUT2D eigenvalue weighted by molar-refractivity contribution is -0.384. The molecule has 1 aromatic heterocycles. The number of nitrogens with zero attached hydrogens (tertiary/aromatic N) is 2. The Morgan fingerprint density at radius 3 is 2.80 bits per heavy atom. The molecule has 25 heavy (non-hydrogen) atoms. The number of nitrogens with one attached hydrogen (secondary N) is 1. The van der Waals surface area contributed by atoms with Gasteiger partial charge in [0.2, 0.25) is 5.91 Å².